The molecule has 0 radical (unpaired) electrons. The molecule has 33 heavy (non-hydrogen) atoms. The fourth-order valence-electron chi connectivity index (χ4n) is 3.38. The lowest BCUT2D eigenvalue weighted by Crippen LogP contribution is -2.27. The van der Waals surface area contributed by atoms with Crippen LogP contribution >= 0.6 is 0 Å². The number of hydrazine groups is 1. The number of halogens is 1. The number of hydrogen-bond acceptors (Lipinski definition) is 7. The second-order valence-corrected chi connectivity index (χ2v) is 7.99. The minimum absolute atomic E-state index is 0.114. The van der Waals surface area contributed by atoms with Crippen molar-refractivity contribution < 1.29 is 13.9 Å². The van der Waals surface area contributed by atoms with Gasteiger partial charge in [-0.05, 0) is 49.6 Å². The van der Waals surface area contributed by atoms with E-state index < -0.39 is 11.7 Å². The summed E-state index contributed by atoms with van der Waals surface area (Å²) in [6.45, 7) is 1.93. The highest BCUT2D eigenvalue weighted by molar-refractivity contribution is 6.00. The number of amides is 1. The van der Waals surface area contributed by atoms with Gasteiger partial charge < -0.3 is 21.5 Å². The van der Waals surface area contributed by atoms with Crippen LogP contribution in [-0.4, -0.2) is 42.0 Å². The second kappa shape index (κ2) is 12.7. The van der Waals surface area contributed by atoms with Crippen molar-refractivity contribution in [2.45, 2.75) is 51.6 Å². The van der Waals surface area contributed by atoms with Crippen molar-refractivity contribution in [3.8, 4) is 5.75 Å². The summed E-state index contributed by atoms with van der Waals surface area (Å²) in [5.74, 6) is 4.86. The zero-order valence-electron chi connectivity index (χ0n) is 19.5. The highest BCUT2D eigenvalue weighted by Gasteiger charge is 2.12. The summed E-state index contributed by atoms with van der Waals surface area (Å²) in [6, 6.07) is 8.12. The Morgan fingerprint density at radius 2 is 1.97 bits per heavy atom. The van der Waals surface area contributed by atoms with E-state index in [0.717, 1.165) is 5.12 Å². The molecule has 180 valence electrons. The number of amidine groups is 1. The van der Waals surface area contributed by atoms with Gasteiger partial charge in [-0.3, -0.25) is 4.79 Å². The summed E-state index contributed by atoms with van der Waals surface area (Å²) < 4.78 is 18.4. The van der Waals surface area contributed by atoms with Gasteiger partial charge in [0.2, 0.25) is 0 Å². The van der Waals surface area contributed by atoms with Gasteiger partial charge in [-0.15, -0.1) is 5.10 Å². The minimum Gasteiger partial charge on any atom is -0.494 e. The van der Waals surface area contributed by atoms with Crippen molar-refractivity contribution in [1.29, 1.82) is 0 Å². The molecule has 0 aliphatic heterocycles. The van der Waals surface area contributed by atoms with Gasteiger partial charge in [0.25, 0.3) is 5.91 Å². The first-order valence-electron chi connectivity index (χ1n) is 10.9. The third kappa shape index (κ3) is 8.66. The molecule has 2 aromatic rings. The molecule has 1 saturated carbocycles. The molecule has 1 aliphatic rings. The molecule has 1 heterocycles. The summed E-state index contributed by atoms with van der Waals surface area (Å²) in [5.41, 5.74) is 13.5. The van der Waals surface area contributed by atoms with Crippen LogP contribution in [0, 0.1) is 12.7 Å². The van der Waals surface area contributed by atoms with E-state index in [4.69, 9.17) is 22.0 Å². The molecular formula is C23H34FN7O2. The molecule has 0 unspecified atom stereocenters. The zero-order valence-corrected chi connectivity index (χ0v) is 19.5. The minimum atomic E-state index is -0.466. The number of hydrogen-bond donors (Lipinski definition) is 4. The summed E-state index contributed by atoms with van der Waals surface area (Å²) >= 11 is 0. The normalized spacial score (nSPS) is 14.2. The number of ether oxygens (including phenoxy) is 1. The van der Waals surface area contributed by atoms with Crippen LogP contribution in [0.15, 0.2) is 35.4 Å². The number of aryl methyl sites for hydroxylation is 1. The van der Waals surface area contributed by atoms with E-state index in [-0.39, 0.29) is 23.8 Å². The van der Waals surface area contributed by atoms with E-state index in [1.807, 2.05) is 0 Å². The highest BCUT2D eigenvalue weighted by Crippen LogP contribution is 2.18. The van der Waals surface area contributed by atoms with Crippen LogP contribution in [0.25, 0.3) is 0 Å². The van der Waals surface area contributed by atoms with Gasteiger partial charge in [0.05, 0.1) is 7.11 Å². The van der Waals surface area contributed by atoms with E-state index in [1.165, 1.54) is 64.5 Å². The Hall–Kier alpha value is -3.24. The fourth-order valence-corrected chi connectivity index (χ4v) is 3.38. The van der Waals surface area contributed by atoms with Gasteiger partial charge in [0, 0.05) is 30.9 Å². The first kappa shape index (κ1) is 26.0. The molecule has 1 aromatic carbocycles. The molecule has 10 heteroatoms. The summed E-state index contributed by atoms with van der Waals surface area (Å²) in [7, 11) is 2.91. The lowest BCUT2D eigenvalue weighted by atomic mass is 9.97. The van der Waals surface area contributed by atoms with Crippen molar-refractivity contribution in [3.05, 3.63) is 58.7 Å². The highest BCUT2D eigenvalue weighted by atomic mass is 19.1. The lowest BCUT2D eigenvalue weighted by Gasteiger charge is -2.15. The van der Waals surface area contributed by atoms with E-state index in [0.29, 0.717) is 22.9 Å². The number of carbonyl (C=O) groups is 1. The predicted molar refractivity (Wildman–Crippen MR) is 127 cm³/mol. The first-order chi connectivity index (χ1) is 15.7. The van der Waals surface area contributed by atoms with Gasteiger partial charge in [-0.2, -0.15) is 0 Å². The Bertz CT molecular complexity index is 960. The van der Waals surface area contributed by atoms with Crippen LogP contribution in [-0.2, 0) is 6.54 Å². The number of hydrazone groups is 1. The second-order valence-electron chi connectivity index (χ2n) is 7.99. The maximum absolute atomic E-state index is 13.4. The van der Waals surface area contributed by atoms with Crippen LogP contribution in [0.5, 0.6) is 5.75 Å². The number of methoxy groups -OCH3 is 1. The Kier molecular flexibility index (Phi) is 10.0. The quantitative estimate of drug-likeness (QED) is 0.224. The lowest BCUT2D eigenvalue weighted by molar-refractivity contribution is 0.0945. The average molecular weight is 460 g/mol. The van der Waals surface area contributed by atoms with Gasteiger partial charge in [-0.1, -0.05) is 25.3 Å². The number of benzene rings is 1. The number of nitrogens with one attached hydrogen (secondary N) is 1. The van der Waals surface area contributed by atoms with Crippen molar-refractivity contribution in [3.63, 3.8) is 0 Å². The van der Waals surface area contributed by atoms with Crippen LogP contribution in [0.3, 0.4) is 0 Å². The van der Waals surface area contributed by atoms with Crippen LogP contribution < -0.4 is 27.4 Å². The third-order valence-electron chi connectivity index (χ3n) is 5.07. The Balaban J connectivity index is 0.000000468. The Labute approximate surface area is 194 Å². The largest absolute Gasteiger partial charge is 0.494 e. The maximum Gasteiger partial charge on any atom is 0.270 e. The molecule has 1 aliphatic carbocycles. The number of nitrogens with two attached hydrogens (primary N) is 3. The SMILES string of the molecule is COc1cc(CNC(=O)c2cc(/C(N)=N/N(C)N)cc(C)n2)ccc1F.NC1CCCCC1. The predicted octanol–water partition coefficient (Wildman–Crippen LogP) is 2.17. The van der Waals surface area contributed by atoms with E-state index >= 15 is 0 Å². The summed E-state index contributed by atoms with van der Waals surface area (Å²) in [5, 5.41) is 7.71. The summed E-state index contributed by atoms with van der Waals surface area (Å²) in [4.78, 5) is 16.6. The number of carbonyl (C=O) groups excluding carboxylic acids is 1. The maximum atomic E-state index is 13.4. The summed E-state index contributed by atoms with van der Waals surface area (Å²) in [6.07, 6.45) is 6.66. The van der Waals surface area contributed by atoms with Crippen LogP contribution in [0.4, 0.5) is 4.39 Å². The monoisotopic (exact) mass is 459 g/mol. The van der Waals surface area contributed by atoms with E-state index in [1.54, 1.807) is 19.1 Å². The first-order valence-corrected chi connectivity index (χ1v) is 10.9. The number of rotatable bonds is 6. The van der Waals surface area contributed by atoms with Crippen molar-refractivity contribution in [2.24, 2.45) is 22.4 Å². The molecule has 0 bridgehead atoms. The molecule has 3 rings (SSSR count). The van der Waals surface area contributed by atoms with Gasteiger partial charge in [-0.25, -0.2) is 20.3 Å². The average Bonchev–Trinajstić information content (AvgIpc) is 2.78. The van der Waals surface area contributed by atoms with Gasteiger partial charge in [0.1, 0.15) is 5.69 Å². The van der Waals surface area contributed by atoms with Crippen molar-refractivity contribution >= 4 is 11.7 Å². The topological polar surface area (TPSA) is 145 Å². The zero-order chi connectivity index (χ0) is 24.4. The van der Waals surface area contributed by atoms with Crippen molar-refractivity contribution in [2.75, 3.05) is 14.2 Å². The standard InChI is InChI=1S/C17H21FN6O2.C6H13N/c1-10-6-12(16(19)23-24(2)20)8-14(22-10)17(25)21-9-11-4-5-13(18)15(7-11)26-3;7-6-4-2-1-3-5-6/h4-8H,9,20H2,1-3H3,(H2,19,23)(H,21,25);6H,1-5,7H2. The molecular weight excluding hydrogens is 425 g/mol. The third-order valence-corrected chi connectivity index (χ3v) is 5.07. The molecule has 1 fully saturated rings. The molecule has 7 N–H and O–H groups in total. The smallest absolute Gasteiger partial charge is 0.270 e. The van der Waals surface area contributed by atoms with E-state index in [2.05, 4.69) is 15.4 Å². The molecule has 0 spiro atoms. The Morgan fingerprint density at radius 1 is 1.27 bits per heavy atom. The van der Waals surface area contributed by atoms with Crippen LogP contribution in [0.1, 0.15) is 59.4 Å². The molecule has 9 nitrogen and oxygen atoms in total. The van der Waals surface area contributed by atoms with Crippen molar-refractivity contribution in [1.82, 2.24) is 15.4 Å². The van der Waals surface area contributed by atoms with Gasteiger partial charge >= 0.3 is 0 Å². The Morgan fingerprint density at radius 3 is 2.55 bits per heavy atom. The van der Waals surface area contributed by atoms with Gasteiger partial charge in [0.15, 0.2) is 17.4 Å². The number of aromatic nitrogens is 1. The molecule has 1 amide bonds. The number of pyridine rings is 1. The van der Waals surface area contributed by atoms with Crippen LogP contribution in [0.2, 0.25) is 0 Å². The molecule has 0 atom stereocenters. The fraction of sp³-hybridized carbons (Fsp3) is 0.435. The molecule has 0 saturated heterocycles. The number of nitrogens with zero attached hydrogens (tertiary/aromatic N) is 3. The van der Waals surface area contributed by atoms with E-state index in [9.17, 15) is 9.18 Å². The molecule has 1 aromatic heterocycles.